The zero-order valence-electron chi connectivity index (χ0n) is 23.2. The lowest BCUT2D eigenvalue weighted by atomic mass is 9.92. The molecule has 0 spiro atoms. The van der Waals surface area contributed by atoms with Gasteiger partial charge in [0.1, 0.15) is 18.5 Å². The first-order valence-electron chi connectivity index (χ1n) is 12.3. The summed E-state index contributed by atoms with van der Waals surface area (Å²) in [6.07, 6.45) is 3.38. The van der Waals surface area contributed by atoms with E-state index in [1.807, 2.05) is 58.9 Å². The van der Waals surface area contributed by atoms with Gasteiger partial charge in [-0.1, -0.05) is 11.2 Å². The van der Waals surface area contributed by atoms with Gasteiger partial charge in [0.05, 0.1) is 18.2 Å². The molecule has 0 aliphatic rings. The van der Waals surface area contributed by atoms with Crippen LogP contribution in [0.4, 0.5) is 4.39 Å². The van der Waals surface area contributed by atoms with Crippen molar-refractivity contribution in [1.29, 1.82) is 0 Å². The first-order valence-corrected chi connectivity index (χ1v) is 12.3. The lowest BCUT2D eigenvalue weighted by molar-refractivity contribution is -0.154. The number of nitrogens with zero attached hydrogens (tertiary/aromatic N) is 2. The summed E-state index contributed by atoms with van der Waals surface area (Å²) in [5, 5.41) is 3.46. The molecule has 0 saturated heterocycles. The number of oxazole rings is 1. The Labute approximate surface area is 221 Å². The van der Waals surface area contributed by atoms with Crippen molar-refractivity contribution in [3.63, 3.8) is 0 Å². The Hall–Kier alpha value is -3.88. The number of fused-ring (bicyclic) bond motifs is 1. The Balaban J connectivity index is 2.12. The van der Waals surface area contributed by atoms with E-state index in [1.54, 1.807) is 13.1 Å². The van der Waals surface area contributed by atoms with E-state index in [0.717, 1.165) is 16.7 Å². The molecule has 0 fully saturated rings. The highest BCUT2D eigenvalue weighted by Gasteiger charge is 2.20. The van der Waals surface area contributed by atoms with Crippen LogP contribution in [0.25, 0.3) is 16.7 Å². The monoisotopic (exact) mass is 526 g/mol. The number of unbranched alkanes of at least 4 members (excludes halogenated alkanes) is 1. The second kappa shape index (κ2) is 11.7. The van der Waals surface area contributed by atoms with Crippen LogP contribution >= 0.6 is 0 Å². The number of carbonyl (C=O) groups is 1. The fourth-order valence-electron chi connectivity index (χ4n) is 4.32. The van der Waals surface area contributed by atoms with E-state index in [1.165, 1.54) is 18.8 Å². The molecule has 9 heteroatoms. The molecule has 0 atom stereocenters. The summed E-state index contributed by atoms with van der Waals surface area (Å²) in [5.41, 5.74) is 4.56. The maximum atomic E-state index is 14.9. The predicted molar refractivity (Wildman–Crippen MR) is 145 cm³/mol. The van der Waals surface area contributed by atoms with E-state index in [4.69, 9.17) is 13.9 Å². The highest BCUT2D eigenvalue weighted by molar-refractivity contribution is 5.98. The van der Waals surface area contributed by atoms with Crippen molar-refractivity contribution in [3.8, 4) is 5.75 Å². The topological polar surface area (TPSA) is 92.3 Å². The van der Waals surface area contributed by atoms with Crippen LogP contribution < -0.4 is 10.5 Å². The van der Waals surface area contributed by atoms with Gasteiger partial charge in [-0.2, -0.15) is 4.39 Å². The first kappa shape index (κ1) is 28.7. The highest BCUT2D eigenvalue weighted by atomic mass is 19.1. The van der Waals surface area contributed by atoms with Crippen LogP contribution in [0.5, 0.6) is 5.75 Å². The highest BCUT2D eigenvalue weighted by Crippen LogP contribution is 2.34. The van der Waals surface area contributed by atoms with Crippen LogP contribution in [0.3, 0.4) is 0 Å². The van der Waals surface area contributed by atoms with Crippen molar-refractivity contribution < 1.29 is 27.9 Å². The number of aromatic nitrogens is 1. The Bertz CT molecular complexity index is 1460. The number of allylic oxidation sites excluding steroid dienone is 1. The molecule has 0 aliphatic carbocycles. The van der Waals surface area contributed by atoms with E-state index in [0.29, 0.717) is 40.8 Å². The van der Waals surface area contributed by atoms with Crippen molar-refractivity contribution in [2.75, 3.05) is 14.2 Å². The molecule has 0 amide bonds. The normalized spacial score (nSPS) is 12.7. The molecule has 204 valence electrons. The number of hydrogen-bond acceptors (Lipinski definition) is 7. The lowest BCUT2D eigenvalue weighted by Crippen LogP contribution is -2.23. The average Bonchev–Trinajstić information content (AvgIpc) is 3.11. The number of methoxy groups -OCH3 is 1. The maximum absolute atomic E-state index is 14.9. The number of carbonyl (C=O) groups excluding carboxylic acids is 1. The van der Waals surface area contributed by atoms with E-state index in [-0.39, 0.29) is 18.0 Å². The molecule has 38 heavy (non-hydrogen) atoms. The van der Waals surface area contributed by atoms with Crippen molar-refractivity contribution in [2.24, 2.45) is 12.2 Å². The van der Waals surface area contributed by atoms with Crippen LogP contribution in [0.1, 0.15) is 67.9 Å². The molecule has 8 nitrogen and oxygen atoms in total. The predicted octanol–water partition coefficient (Wildman–Crippen LogP) is 5.98. The summed E-state index contributed by atoms with van der Waals surface area (Å²) in [4.78, 5) is 29.0. The van der Waals surface area contributed by atoms with E-state index >= 15 is 0 Å². The molecule has 0 aliphatic heterocycles. The fraction of sp³-hybridized carbons (Fsp3) is 0.414. The molecule has 2 aromatic carbocycles. The van der Waals surface area contributed by atoms with Crippen molar-refractivity contribution in [1.82, 2.24) is 4.57 Å². The zero-order valence-corrected chi connectivity index (χ0v) is 23.2. The van der Waals surface area contributed by atoms with Crippen LogP contribution in [0.2, 0.25) is 0 Å². The van der Waals surface area contributed by atoms with Crippen LogP contribution in [0.15, 0.2) is 44.7 Å². The third kappa shape index (κ3) is 6.51. The Morgan fingerprint density at radius 3 is 2.39 bits per heavy atom. The number of aryl methyl sites for hydroxylation is 3. The summed E-state index contributed by atoms with van der Waals surface area (Å²) < 4.78 is 32.6. The van der Waals surface area contributed by atoms with Crippen molar-refractivity contribution >= 4 is 28.6 Å². The summed E-state index contributed by atoms with van der Waals surface area (Å²) in [7, 11) is 4.38. The number of benzene rings is 2. The van der Waals surface area contributed by atoms with E-state index < -0.39 is 17.3 Å². The molecule has 0 saturated carbocycles. The molecular formula is C29H35FN2O6. The molecule has 1 heterocycles. The summed E-state index contributed by atoms with van der Waals surface area (Å²) >= 11 is 0. The minimum Gasteiger partial charge on any atom is -0.496 e. The second-order valence-electron chi connectivity index (χ2n) is 10.1. The van der Waals surface area contributed by atoms with Gasteiger partial charge < -0.3 is 18.7 Å². The minimum atomic E-state index is -0.817. The molecule has 3 aromatic rings. The molecule has 0 unspecified atom stereocenters. The Kier molecular flexibility index (Phi) is 8.81. The Morgan fingerprint density at radius 1 is 1.11 bits per heavy atom. The average molecular weight is 527 g/mol. The van der Waals surface area contributed by atoms with Gasteiger partial charge in [-0.25, -0.2) is 4.79 Å². The van der Waals surface area contributed by atoms with Crippen LogP contribution in [-0.4, -0.2) is 36.3 Å². The number of oxime groups is 1. The van der Waals surface area contributed by atoms with Gasteiger partial charge in [0.25, 0.3) is 5.97 Å². The van der Waals surface area contributed by atoms with Gasteiger partial charge in [-0.05, 0) is 99.6 Å². The van der Waals surface area contributed by atoms with Gasteiger partial charge in [-0.15, -0.1) is 0 Å². The number of rotatable bonds is 9. The first-order chi connectivity index (χ1) is 17.9. The standard InChI is InChI=1S/C29H35FN2O6/c1-17-13-19(15-22(25(17)35-7)27(30)31-36-8)21(11-9-10-12-24(33)38-29(3,4)5)20-14-18(2)26-23(16-20)32(6)28(34)37-26/h11,13-16H,9-10,12H2,1-8H3/b21-11+,31-27-. The second-order valence-corrected chi connectivity index (χ2v) is 10.1. The zero-order chi connectivity index (χ0) is 28.2. The minimum absolute atomic E-state index is 0.150. The van der Waals surface area contributed by atoms with Gasteiger partial charge >= 0.3 is 11.7 Å². The fourth-order valence-corrected chi connectivity index (χ4v) is 4.32. The third-order valence-corrected chi connectivity index (χ3v) is 5.93. The molecule has 1 aromatic heterocycles. The van der Waals surface area contributed by atoms with Crippen LogP contribution in [-0.2, 0) is 21.4 Å². The summed E-state index contributed by atoms with van der Waals surface area (Å²) in [6.45, 7) is 9.19. The number of ether oxygens (including phenoxy) is 2. The smallest absolute Gasteiger partial charge is 0.419 e. The largest absolute Gasteiger partial charge is 0.496 e. The summed E-state index contributed by atoms with van der Waals surface area (Å²) in [5.74, 6) is -1.19. The molecule has 0 bridgehead atoms. The number of halogens is 1. The molecule has 0 radical (unpaired) electrons. The van der Waals surface area contributed by atoms with Crippen molar-refractivity contribution in [3.05, 3.63) is 68.7 Å². The van der Waals surface area contributed by atoms with E-state index in [2.05, 4.69) is 9.99 Å². The molecule has 3 rings (SSSR count). The van der Waals surface area contributed by atoms with Gasteiger partial charge in [0.15, 0.2) is 5.58 Å². The van der Waals surface area contributed by atoms with Gasteiger partial charge in [0, 0.05) is 13.5 Å². The third-order valence-electron chi connectivity index (χ3n) is 5.93. The Morgan fingerprint density at radius 2 is 1.76 bits per heavy atom. The SMILES string of the molecule is CO/N=C(\F)c1cc(/C(=C\CCCC(=O)OC(C)(C)C)c2cc(C)c3oc(=O)n(C)c3c2)cc(C)c1OC. The summed E-state index contributed by atoms with van der Waals surface area (Å²) in [6, 6.07) is 7.34. The molecule has 0 N–H and O–H groups in total. The number of hydrogen-bond donors (Lipinski definition) is 0. The van der Waals surface area contributed by atoms with E-state index in [9.17, 15) is 14.0 Å². The van der Waals surface area contributed by atoms with Gasteiger partial charge in [-0.3, -0.25) is 9.36 Å². The van der Waals surface area contributed by atoms with Crippen LogP contribution in [0, 0.1) is 13.8 Å². The quantitative estimate of drug-likeness (QED) is 0.147. The molecular weight excluding hydrogens is 491 g/mol. The lowest BCUT2D eigenvalue weighted by Gasteiger charge is -2.19. The maximum Gasteiger partial charge on any atom is 0.419 e. The van der Waals surface area contributed by atoms with Crippen molar-refractivity contribution in [2.45, 2.75) is 59.5 Å². The van der Waals surface area contributed by atoms with Gasteiger partial charge in [0.2, 0.25) is 0 Å². The number of esters is 1.